The molecular formula is C8H14N2O3. The molecule has 0 radical (unpaired) electrons. The van der Waals surface area contributed by atoms with Gasteiger partial charge in [-0.15, -0.1) is 0 Å². The maximum Gasteiger partial charge on any atom is 0.307 e. The van der Waals surface area contributed by atoms with Gasteiger partial charge in [0.05, 0.1) is 11.8 Å². The summed E-state index contributed by atoms with van der Waals surface area (Å²) in [5.74, 6) is 2.72. The standard InChI is InChI=1S/C8H14N2O3/c9-10-7(11)5-3-1-2-4-6(5)8(12)13/h5-6H,1-4,9H2,(H,10,11)(H,12,13)/t5-,6?/m0/s1. The average molecular weight is 186 g/mol. The van der Waals surface area contributed by atoms with Gasteiger partial charge in [0.2, 0.25) is 5.91 Å². The molecule has 74 valence electrons. The molecule has 0 aromatic rings. The topological polar surface area (TPSA) is 92.4 Å². The molecule has 5 nitrogen and oxygen atoms in total. The lowest BCUT2D eigenvalue weighted by Gasteiger charge is -2.26. The second kappa shape index (κ2) is 4.23. The van der Waals surface area contributed by atoms with E-state index in [1.165, 1.54) is 0 Å². The van der Waals surface area contributed by atoms with Crippen molar-refractivity contribution in [3.63, 3.8) is 0 Å². The minimum absolute atomic E-state index is 0.355. The van der Waals surface area contributed by atoms with E-state index < -0.39 is 17.8 Å². The van der Waals surface area contributed by atoms with Crippen LogP contribution in [0.25, 0.3) is 0 Å². The molecule has 0 saturated heterocycles. The Hall–Kier alpha value is -1.10. The number of hydrazine groups is 1. The Morgan fingerprint density at radius 1 is 1.23 bits per heavy atom. The fourth-order valence-corrected chi connectivity index (χ4v) is 1.85. The highest BCUT2D eigenvalue weighted by Crippen LogP contribution is 2.30. The van der Waals surface area contributed by atoms with Gasteiger partial charge in [0.1, 0.15) is 0 Å². The first-order chi connectivity index (χ1) is 6.16. The van der Waals surface area contributed by atoms with Crippen LogP contribution < -0.4 is 11.3 Å². The first-order valence-corrected chi connectivity index (χ1v) is 4.40. The third-order valence-corrected chi connectivity index (χ3v) is 2.56. The van der Waals surface area contributed by atoms with E-state index in [9.17, 15) is 9.59 Å². The lowest BCUT2D eigenvalue weighted by molar-refractivity contribution is -0.148. The summed E-state index contributed by atoms with van der Waals surface area (Å²) in [5, 5.41) is 8.83. The smallest absolute Gasteiger partial charge is 0.307 e. The summed E-state index contributed by atoms with van der Waals surface area (Å²) < 4.78 is 0. The number of aliphatic carboxylic acids is 1. The van der Waals surface area contributed by atoms with Crippen LogP contribution in [0.5, 0.6) is 0 Å². The van der Waals surface area contributed by atoms with Crippen LogP contribution in [0.1, 0.15) is 25.7 Å². The van der Waals surface area contributed by atoms with Gasteiger partial charge in [-0.3, -0.25) is 15.0 Å². The number of rotatable bonds is 2. The molecule has 0 bridgehead atoms. The minimum Gasteiger partial charge on any atom is -0.481 e. The molecule has 1 aliphatic carbocycles. The van der Waals surface area contributed by atoms with Crippen LogP contribution in [0, 0.1) is 11.8 Å². The number of carbonyl (C=O) groups excluding carboxylic acids is 1. The number of hydrogen-bond acceptors (Lipinski definition) is 3. The van der Waals surface area contributed by atoms with Crippen LogP contribution >= 0.6 is 0 Å². The summed E-state index contributed by atoms with van der Waals surface area (Å²) in [4.78, 5) is 21.9. The fourth-order valence-electron chi connectivity index (χ4n) is 1.85. The molecule has 1 saturated carbocycles. The number of carboxylic acid groups (broad SMARTS) is 1. The van der Waals surface area contributed by atoms with Crippen molar-refractivity contribution in [1.29, 1.82) is 0 Å². The highest BCUT2D eigenvalue weighted by molar-refractivity contribution is 5.84. The van der Waals surface area contributed by atoms with Crippen molar-refractivity contribution in [3.05, 3.63) is 0 Å². The summed E-state index contributed by atoms with van der Waals surface area (Å²) in [6, 6.07) is 0. The van der Waals surface area contributed by atoms with Crippen molar-refractivity contribution in [3.8, 4) is 0 Å². The van der Waals surface area contributed by atoms with Crippen molar-refractivity contribution in [2.45, 2.75) is 25.7 Å². The Bertz CT molecular complexity index is 217. The van der Waals surface area contributed by atoms with Crippen molar-refractivity contribution in [2.75, 3.05) is 0 Å². The number of nitrogens with two attached hydrogens (primary N) is 1. The fraction of sp³-hybridized carbons (Fsp3) is 0.750. The van der Waals surface area contributed by atoms with E-state index in [0.29, 0.717) is 12.8 Å². The number of carbonyl (C=O) groups is 2. The molecule has 0 aromatic carbocycles. The minimum atomic E-state index is -0.895. The van der Waals surface area contributed by atoms with Gasteiger partial charge in [0.25, 0.3) is 0 Å². The Balaban J connectivity index is 2.67. The van der Waals surface area contributed by atoms with Crippen LogP contribution in [-0.2, 0) is 9.59 Å². The molecule has 5 heteroatoms. The lowest BCUT2D eigenvalue weighted by atomic mass is 9.79. The van der Waals surface area contributed by atoms with Crippen LogP contribution in [-0.4, -0.2) is 17.0 Å². The zero-order valence-corrected chi connectivity index (χ0v) is 7.32. The number of hydrogen-bond donors (Lipinski definition) is 3. The van der Waals surface area contributed by atoms with E-state index in [1.807, 2.05) is 5.43 Å². The van der Waals surface area contributed by atoms with Gasteiger partial charge in [-0.05, 0) is 12.8 Å². The first-order valence-electron chi connectivity index (χ1n) is 4.40. The summed E-state index contributed by atoms with van der Waals surface area (Å²) in [7, 11) is 0. The van der Waals surface area contributed by atoms with Crippen molar-refractivity contribution >= 4 is 11.9 Å². The van der Waals surface area contributed by atoms with E-state index >= 15 is 0 Å². The zero-order chi connectivity index (χ0) is 9.84. The molecule has 1 fully saturated rings. The zero-order valence-electron chi connectivity index (χ0n) is 7.32. The molecule has 0 spiro atoms. The summed E-state index contributed by atoms with van der Waals surface area (Å²) in [6.45, 7) is 0. The summed E-state index contributed by atoms with van der Waals surface area (Å²) in [6.07, 6.45) is 2.99. The molecule has 4 N–H and O–H groups in total. The van der Waals surface area contributed by atoms with Gasteiger partial charge >= 0.3 is 5.97 Å². The maximum atomic E-state index is 11.2. The Labute approximate surface area is 76.3 Å². The second-order valence-electron chi connectivity index (χ2n) is 3.34. The molecule has 1 unspecified atom stereocenters. The van der Waals surface area contributed by atoms with Gasteiger partial charge in [0.15, 0.2) is 0 Å². The SMILES string of the molecule is NNC(=O)[C@H]1CCCCC1C(=O)O. The normalized spacial score (nSPS) is 28.1. The first kappa shape index (κ1) is 9.98. The second-order valence-corrected chi connectivity index (χ2v) is 3.34. The number of nitrogens with one attached hydrogen (secondary N) is 1. The van der Waals surface area contributed by atoms with Gasteiger partial charge in [-0.1, -0.05) is 12.8 Å². The highest BCUT2D eigenvalue weighted by atomic mass is 16.4. The summed E-state index contributed by atoms with van der Waals surface area (Å²) in [5.41, 5.74) is 2.02. The number of carboxylic acids is 1. The largest absolute Gasteiger partial charge is 0.481 e. The average Bonchev–Trinajstić information content (AvgIpc) is 2.16. The maximum absolute atomic E-state index is 11.2. The highest BCUT2D eigenvalue weighted by Gasteiger charge is 2.35. The van der Waals surface area contributed by atoms with E-state index in [4.69, 9.17) is 10.9 Å². The molecule has 0 aliphatic heterocycles. The van der Waals surface area contributed by atoms with Crippen LogP contribution in [0.3, 0.4) is 0 Å². The van der Waals surface area contributed by atoms with E-state index in [2.05, 4.69) is 0 Å². The molecule has 1 rings (SSSR count). The third-order valence-electron chi connectivity index (χ3n) is 2.56. The molecule has 1 amide bonds. The van der Waals surface area contributed by atoms with Gasteiger partial charge < -0.3 is 5.11 Å². The third kappa shape index (κ3) is 2.18. The van der Waals surface area contributed by atoms with E-state index in [-0.39, 0.29) is 5.91 Å². The van der Waals surface area contributed by atoms with Crippen LogP contribution in [0.15, 0.2) is 0 Å². The molecule has 13 heavy (non-hydrogen) atoms. The predicted octanol–water partition coefficient (Wildman–Crippen LogP) is -0.133. The monoisotopic (exact) mass is 186 g/mol. The van der Waals surface area contributed by atoms with Crippen molar-refractivity contribution < 1.29 is 14.7 Å². The van der Waals surface area contributed by atoms with Gasteiger partial charge in [-0.25, -0.2) is 5.84 Å². The number of amides is 1. The predicted molar refractivity (Wildman–Crippen MR) is 45.4 cm³/mol. The van der Waals surface area contributed by atoms with Crippen LogP contribution in [0.4, 0.5) is 0 Å². The van der Waals surface area contributed by atoms with Gasteiger partial charge in [0, 0.05) is 0 Å². The molecule has 0 heterocycles. The Morgan fingerprint density at radius 3 is 2.23 bits per heavy atom. The molecular weight excluding hydrogens is 172 g/mol. The molecule has 1 aliphatic rings. The Kier molecular flexibility index (Phi) is 3.25. The Morgan fingerprint density at radius 2 is 1.77 bits per heavy atom. The van der Waals surface area contributed by atoms with Gasteiger partial charge in [-0.2, -0.15) is 0 Å². The summed E-state index contributed by atoms with van der Waals surface area (Å²) >= 11 is 0. The quantitative estimate of drug-likeness (QED) is 0.318. The van der Waals surface area contributed by atoms with E-state index in [0.717, 1.165) is 12.8 Å². The van der Waals surface area contributed by atoms with Crippen molar-refractivity contribution in [1.82, 2.24) is 5.43 Å². The lowest BCUT2D eigenvalue weighted by Crippen LogP contribution is -2.42. The van der Waals surface area contributed by atoms with E-state index in [1.54, 1.807) is 0 Å². The van der Waals surface area contributed by atoms with Crippen molar-refractivity contribution in [2.24, 2.45) is 17.7 Å². The molecule has 0 aromatic heterocycles. The van der Waals surface area contributed by atoms with Crippen LogP contribution in [0.2, 0.25) is 0 Å². The molecule has 2 atom stereocenters.